The van der Waals surface area contributed by atoms with Crippen LogP contribution >= 0.6 is 0 Å². The molecule has 1 aromatic carbocycles. The van der Waals surface area contributed by atoms with E-state index in [9.17, 15) is 9.90 Å². The molecule has 0 saturated carbocycles. The molecule has 1 saturated heterocycles. The zero-order valence-corrected chi connectivity index (χ0v) is 21.6. The van der Waals surface area contributed by atoms with E-state index in [1.165, 1.54) is 11.9 Å². The molecule has 4 N–H and O–H groups in total. The molecule has 0 aliphatic carbocycles. The van der Waals surface area contributed by atoms with Crippen LogP contribution < -0.4 is 25.6 Å². The molecule has 198 valence electrons. The van der Waals surface area contributed by atoms with Gasteiger partial charge in [-0.1, -0.05) is 6.08 Å². The number of nitrogens with zero attached hydrogens (tertiary/aromatic N) is 5. The van der Waals surface area contributed by atoms with Gasteiger partial charge in [-0.2, -0.15) is 4.98 Å². The zero-order chi connectivity index (χ0) is 26.7. The number of aromatic nitrogens is 3. The van der Waals surface area contributed by atoms with Gasteiger partial charge in [-0.05, 0) is 50.4 Å². The maximum Gasteiger partial charge on any atom is 0.256 e. The molecule has 38 heavy (non-hydrogen) atoms. The number of benzene rings is 1. The van der Waals surface area contributed by atoms with Crippen molar-refractivity contribution in [3.63, 3.8) is 0 Å². The van der Waals surface area contributed by atoms with E-state index in [0.717, 1.165) is 31.9 Å². The molecule has 1 atom stereocenters. The topological polar surface area (TPSA) is 128 Å². The normalized spacial score (nSPS) is 18.9. The largest absolute Gasteiger partial charge is 0.488 e. The highest BCUT2D eigenvalue weighted by molar-refractivity contribution is 5.99. The van der Waals surface area contributed by atoms with Crippen molar-refractivity contribution in [3.05, 3.63) is 66.5 Å². The maximum absolute atomic E-state index is 12.8. The molecule has 0 bridgehead atoms. The first-order valence-electron chi connectivity index (χ1n) is 12.5. The summed E-state index contributed by atoms with van der Waals surface area (Å²) in [5, 5.41) is 19.7. The summed E-state index contributed by atoms with van der Waals surface area (Å²) in [6.45, 7) is 9.79. The van der Waals surface area contributed by atoms with Gasteiger partial charge >= 0.3 is 0 Å². The van der Waals surface area contributed by atoms with Gasteiger partial charge in [0.2, 0.25) is 5.95 Å². The van der Waals surface area contributed by atoms with Crippen molar-refractivity contribution in [1.82, 2.24) is 25.2 Å². The number of aliphatic hydroxyl groups is 1. The lowest BCUT2D eigenvalue weighted by Gasteiger charge is -2.34. The molecule has 2 aliphatic heterocycles. The van der Waals surface area contributed by atoms with Crippen molar-refractivity contribution < 1.29 is 14.6 Å². The van der Waals surface area contributed by atoms with Gasteiger partial charge in [0.25, 0.3) is 5.91 Å². The summed E-state index contributed by atoms with van der Waals surface area (Å²) in [6, 6.07) is 11.6. The van der Waals surface area contributed by atoms with Crippen molar-refractivity contribution in [2.75, 3.05) is 61.9 Å². The highest BCUT2D eigenvalue weighted by Crippen LogP contribution is 2.36. The number of carbonyl (C=O) groups excluding carboxylic acids is 1. The van der Waals surface area contributed by atoms with E-state index in [4.69, 9.17) is 4.74 Å². The molecule has 5 rings (SSSR count). The molecular formula is C27H32N8O3. The lowest BCUT2D eigenvalue weighted by molar-refractivity contribution is 0.0321. The third-order valence-electron chi connectivity index (χ3n) is 6.56. The van der Waals surface area contributed by atoms with E-state index in [-0.39, 0.29) is 23.9 Å². The highest BCUT2D eigenvalue weighted by atomic mass is 16.5. The number of rotatable bonds is 8. The molecule has 2 aromatic heterocycles. The van der Waals surface area contributed by atoms with Crippen LogP contribution in [0.1, 0.15) is 23.0 Å². The molecule has 2 aliphatic rings. The Morgan fingerprint density at radius 1 is 1.13 bits per heavy atom. The summed E-state index contributed by atoms with van der Waals surface area (Å²) in [5.74, 6) is 1.16. The Bertz CT molecular complexity index is 1320. The van der Waals surface area contributed by atoms with Crippen LogP contribution in [0.25, 0.3) is 0 Å². The van der Waals surface area contributed by atoms with Crippen molar-refractivity contribution in [3.8, 4) is 5.75 Å². The standard InChI is InChI=1S/C27H32N8O3/c1-4-11-28-25(36)20-16-29-26(30-18-5-7-19(8-6-18)35-14-12-34(3)13-15-35)33-24(20)32-22-10-9-21-23(31-22)27(2,37)17-38-21/h4-10,16,37H,1,11-15,17H2,2-3H3,(H,28,36)(H2,29,30,31,32,33)/t27-/m0/s1. The Hall–Kier alpha value is -4.22. The molecular weight excluding hydrogens is 484 g/mol. The Labute approximate surface area is 221 Å². The predicted molar refractivity (Wildman–Crippen MR) is 147 cm³/mol. The van der Waals surface area contributed by atoms with Crippen LogP contribution in [0.3, 0.4) is 0 Å². The minimum Gasteiger partial charge on any atom is -0.488 e. The summed E-state index contributed by atoms with van der Waals surface area (Å²) in [4.78, 5) is 30.9. The first-order valence-corrected chi connectivity index (χ1v) is 12.5. The van der Waals surface area contributed by atoms with Crippen molar-refractivity contribution in [1.29, 1.82) is 0 Å². The third-order valence-corrected chi connectivity index (χ3v) is 6.56. The van der Waals surface area contributed by atoms with Gasteiger partial charge in [0, 0.05) is 50.3 Å². The predicted octanol–water partition coefficient (Wildman–Crippen LogP) is 2.63. The first-order chi connectivity index (χ1) is 18.3. The minimum atomic E-state index is -1.20. The second-order valence-corrected chi connectivity index (χ2v) is 9.65. The number of carbonyl (C=O) groups is 1. The molecule has 11 nitrogen and oxygen atoms in total. The summed E-state index contributed by atoms with van der Waals surface area (Å²) in [7, 11) is 2.14. The van der Waals surface area contributed by atoms with E-state index >= 15 is 0 Å². The van der Waals surface area contributed by atoms with Crippen molar-refractivity contribution in [2.24, 2.45) is 0 Å². The number of pyridine rings is 1. The summed E-state index contributed by atoms with van der Waals surface area (Å²) in [5.41, 5.74) is 1.46. The second-order valence-electron chi connectivity index (χ2n) is 9.65. The minimum absolute atomic E-state index is 0.128. The van der Waals surface area contributed by atoms with Gasteiger partial charge in [0.15, 0.2) is 0 Å². The van der Waals surface area contributed by atoms with Gasteiger partial charge in [0.1, 0.15) is 40.9 Å². The molecule has 0 spiro atoms. The highest BCUT2D eigenvalue weighted by Gasteiger charge is 2.36. The van der Waals surface area contributed by atoms with Gasteiger partial charge in [-0.15, -0.1) is 6.58 Å². The summed E-state index contributed by atoms with van der Waals surface area (Å²) >= 11 is 0. The molecule has 1 amide bonds. The Morgan fingerprint density at radius 3 is 2.63 bits per heavy atom. The van der Waals surface area contributed by atoms with E-state index in [1.54, 1.807) is 25.1 Å². The van der Waals surface area contributed by atoms with E-state index in [2.05, 4.69) is 66.5 Å². The molecule has 4 heterocycles. The molecule has 11 heteroatoms. The Morgan fingerprint density at radius 2 is 1.89 bits per heavy atom. The molecule has 0 radical (unpaired) electrons. The van der Waals surface area contributed by atoms with Crippen LogP contribution in [0.5, 0.6) is 5.75 Å². The summed E-state index contributed by atoms with van der Waals surface area (Å²) < 4.78 is 5.51. The summed E-state index contributed by atoms with van der Waals surface area (Å²) in [6.07, 6.45) is 3.05. The van der Waals surface area contributed by atoms with Crippen LogP contribution in [-0.4, -0.2) is 77.2 Å². The van der Waals surface area contributed by atoms with Crippen LogP contribution in [0.4, 0.5) is 29.0 Å². The van der Waals surface area contributed by atoms with E-state index in [1.807, 2.05) is 12.1 Å². The first kappa shape index (κ1) is 25.4. The monoisotopic (exact) mass is 516 g/mol. The number of hydrogen-bond acceptors (Lipinski definition) is 10. The SMILES string of the molecule is C=CCNC(=O)c1cnc(Nc2ccc(N3CCN(C)CC3)cc2)nc1Nc1ccc2c(n1)[C@@](C)(O)CO2. The average molecular weight is 517 g/mol. The van der Waals surface area contributed by atoms with Crippen molar-refractivity contribution >= 4 is 34.9 Å². The number of hydrogen-bond donors (Lipinski definition) is 4. The number of anilines is 5. The van der Waals surface area contributed by atoms with Gasteiger partial charge in [0.05, 0.1) is 0 Å². The van der Waals surface area contributed by atoms with Crippen LogP contribution in [0.2, 0.25) is 0 Å². The smallest absolute Gasteiger partial charge is 0.256 e. The number of ether oxygens (including phenoxy) is 1. The second kappa shape index (κ2) is 10.6. The molecule has 1 fully saturated rings. The molecule has 3 aromatic rings. The molecule has 0 unspecified atom stereocenters. The fourth-order valence-corrected chi connectivity index (χ4v) is 4.34. The van der Waals surface area contributed by atoms with Crippen LogP contribution in [0, 0.1) is 0 Å². The fourth-order valence-electron chi connectivity index (χ4n) is 4.34. The third kappa shape index (κ3) is 5.53. The average Bonchev–Trinajstić information content (AvgIpc) is 3.22. The van der Waals surface area contributed by atoms with Gasteiger partial charge < -0.3 is 35.6 Å². The van der Waals surface area contributed by atoms with Crippen LogP contribution in [0.15, 0.2) is 55.3 Å². The number of amides is 1. The number of nitrogens with one attached hydrogen (secondary N) is 3. The van der Waals surface area contributed by atoms with E-state index in [0.29, 0.717) is 29.8 Å². The maximum atomic E-state index is 12.8. The lowest BCUT2D eigenvalue weighted by Crippen LogP contribution is -2.44. The number of likely N-dealkylation sites (N-methyl/N-ethyl adjacent to an activating group) is 1. The number of piperazine rings is 1. The number of fused-ring (bicyclic) bond motifs is 1. The fraction of sp³-hybridized carbons (Fsp3) is 0.333. The van der Waals surface area contributed by atoms with Crippen molar-refractivity contribution in [2.45, 2.75) is 12.5 Å². The van der Waals surface area contributed by atoms with E-state index < -0.39 is 5.60 Å². The lowest BCUT2D eigenvalue weighted by atomic mass is 10.1. The zero-order valence-electron chi connectivity index (χ0n) is 21.6. The van der Waals surface area contributed by atoms with Crippen LogP contribution in [-0.2, 0) is 5.60 Å². The Balaban J connectivity index is 1.37. The van der Waals surface area contributed by atoms with Gasteiger partial charge in [-0.3, -0.25) is 4.79 Å². The van der Waals surface area contributed by atoms with Gasteiger partial charge in [-0.25, -0.2) is 9.97 Å². The quantitative estimate of drug-likeness (QED) is 0.332. The Kier molecular flexibility index (Phi) is 7.12.